The highest BCUT2D eigenvalue weighted by Crippen LogP contribution is 2.38. The maximum absolute atomic E-state index is 13.2. The van der Waals surface area contributed by atoms with E-state index in [0.717, 1.165) is 23.0 Å². The summed E-state index contributed by atoms with van der Waals surface area (Å²) in [7, 11) is 1.22. The van der Waals surface area contributed by atoms with Gasteiger partial charge in [0.2, 0.25) is 0 Å². The minimum atomic E-state index is -4.50. The number of hydrogen-bond donors (Lipinski definition) is 1. The van der Waals surface area contributed by atoms with E-state index in [1.54, 1.807) is 23.1 Å². The number of aromatic nitrogens is 3. The van der Waals surface area contributed by atoms with E-state index in [2.05, 4.69) is 15.4 Å². The van der Waals surface area contributed by atoms with Crippen LogP contribution in [0.1, 0.15) is 23.7 Å². The number of ether oxygens (including phenoxy) is 2. The molecule has 3 heterocycles. The van der Waals surface area contributed by atoms with Crippen LogP contribution in [0.4, 0.5) is 24.7 Å². The Balaban J connectivity index is 1.79. The first-order chi connectivity index (χ1) is 13.9. The second-order valence-electron chi connectivity index (χ2n) is 6.76. The van der Waals surface area contributed by atoms with Crippen LogP contribution in [0.15, 0.2) is 42.7 Å². The van der Waals surface area contributed by atoms with Crippen LogP contribution in [0, 0.1) is 0 Å². The van der Waals surface area contributed by atoms with Crippen molar-refractivity contribution >= 4 is 11.5 Å². The number of anilines is 2. The standard InChI is InChI=1S/C20H19F3N4O2/c1-12-8-17-15(11-29-12)19(25-13-4-3-7-24-10-13)26-27(17)14-5-6-16(20(21,22)23)18(9-14)28-2/h3-7,9-10,12H,8,11H2,1-2H3,(H,25,26)/t12-/m0/s1. The fraction of sp³-hybridized carbons (Fsp3) is 0.300. The van der Waals surface area contributed by atoms with Gasteiger partial charge >= 0.3 is 6.18 Å². The number of methoxy groups -OCH3 is 1. The lowest BCUT2D eigenvalue weighted by atomic mass is 10.1. The maximum atomic E-state index is 13.2. The van der Waals surface area contributed by atoms with Gasteiger partial charge in [-0.25, -0.2) is 4.68 Å². The predicted molar refractivity (Wildman–Crippen MR) is 101 cm³/mol. The minimum absolute atomic E-state index is 0.0273. The maximum Gasteiger partial charge on any atom is 0.419 e. The number of benzene rings is 1. The molecule has 0 bridgehead atoms. The van der Waals surface area contributed by atoms with Gasteiger partial charge < -0.3 is 14.8 Å². The Morgan fingerprint density at radius 2 is 2.10 bits per heavy atom. The molecule has 2 aromatic heterocycles. The van der Waals surface area contributed by atoms with Crippen molar-refractivity contribution in [3.63, 3.8) is 0 Å². The molecule has 1 aliphatic rings. The highest BCUT2D eigenvalue weighted by atomic mass is 19.4. The van der Waals surface area contributed by atoms with Gasteiger partial charge in [0, 0.05) is 24.2 Å². The number of halogens is 3. The molecule has 0 fully saturated rings. The van der Waals surface area contributed by atoms with Crippen LogP contribution in [-0.2, 0) is 23.9 Å². The molecule has 3 aromatic rings. The van der Waals surface area contributed by atoms with Crippen LogP contribution >= 0.6 is 0 Å². The molecule has 0 aliphatic carbocycles. The van der Waals surface area contributed by atoms with Crippen molar-refractivity contribution in [2.75, 3.05) is 12.4 Å². The molecule has 9 heteroatoms. The number of hydrogen-bond acceptors (Lipinski definition) is 5. The molecular formula is C20H19F3N4O2. The third kappa shape index (κ3) is 3.77. The van der Waals surface area contributed by atoms with Crippen molar-refractivity contribution in [2.24, 2.45) is 0 Å². The number of nitrogens with one attached hydrogen (secondary N) is 1. The van der Waals surface area contributed by atoms with E-state index in [9.17, 15) is 13.2 Å². The fourth-order valence-electron chi connectivity index (χ4n) is 3.34. The summed E-state index contributed by atoms with van der Waals surface area (Å²) >= 11 is 0. The van der Waals surface area contributed by atoms with Gasteiger partial charge in [0.1, 0.15) is 5.75 Å². The number of nitrogens with zero attached hydrogens (tertiary/aromatic N) is 3. The van der Waals surface area contributed by atoms with Crippen molar-refractivity contribution in [3.05, 3.63) is 59.5 Å². The van der Waals surface area contributed by atoms with Crippen molar-refractivity contribution < 1.29 is 22.6 Å². The van der Waals surface area contributed by atoms with Gasteiger partial charge in [-0.3, -0.25) is 4.98 Å². The monoisotopic (exact) mass is 404 g/mol. The summed E-state index contributed by atoms with van der Waals surface area (Å²) in [6.45, 7) is 2.30. The van der Waals surface area contributed by atoms with Crippen LogP contribution in [0.5, 0.6) is 5.75 Å². The second kappa shape index (κ2) is 7.40. The summed E-state index contributed by atoms with van der Waals surface area (Å²) in [5.74, 6) is 0.333. The van der Waals surface area contributed by atoms with Crippen LogP contribution in [0.25, 0.3) is 5.69 Å². The van der Waals surface area contributed by atoms with Crippen molar-refractivity contribution in [2.45, 2.75) is 32.2 Å². The summed E-state index contributed by atoms with van der Waals surface area (Å²) in [5, 5.41) is 7.84. The van der Waals surface area contributed by atoms with E-state index < -0.39 is 11.7 Å². The van der Waals surface area contributed by atoms with Crippen molar-refractivity contribution in [1.29, 1.82) is 0 Å². The summed E-state index contributed by atoms with van der Waals surface area (Å²) in [4.78, 5) is 4.07. The zero-order valence-electron chi connectivity index (χ0n) is 15.8. The number of rotatable bonds is 4. The lowest BCUT2D eigenvalue weighted by molar-refractivity contribution is -0.138. The lowest BCUT2D eigenvalue weighted by Gasteiger charge is -2.21. The topological polar surface area (TPSA) is 61.2 Å². The van der Waals surface area contributed by atoms with Crippen LogP contribution in [0.3, 0.4) is 0 Å². The number of alkyl halides is 3. The Kier molecular flexibility index (Phi) is 4.91. The predicted octanol–water partition coefficient (Wildman–Crippen LogP) is 4.50. The lowest BCUT2D eigenvalue weighted by Crippen LogP contribution is -2.21. The first-order valence-corrected chi connectivity index (χ1v) is 9.02. The van der Waals surface area contributed by atoms with E-state index in [0.29, 0.717) is 24.5 Å². The smallest absolute Gasteiger partial charge is 0.419 e. The van der Waals surface area contributed by atoms with E-state index in [4.69, 9.17) is 9.47 Å². The molecule has 0 radical (unpaired) electrons. The largest absolute Gasteiger partial charge is 0.496 e. The molecular weight excluding hydrogens is 385 g/mol. The summed E-state index contributed by atoms with van der Waals surface area (Å²) in [6, 6.07) is 7.41. The highest BCUT2D eigenvalue weighted by molar-refractivity contribution is 5.61. The second-order valence-corrected chi connectivity index (χ2v) is 6.76. The minimum Gasteiger partial charge on any atom is -0.496 e. The van der Waals surface area contributed by atoms with Crippen molar-refractivity contribution in [1.82, 2.24) is 14.8 Å². The first kappa shape index (κ1) is 19.3. The highest BCUT2D eigenvalue weighted by Gasteiger charge is 2.35. The Bertz CT molecular complexity index is 1020. The molecule has 0 saturated heterocycles. The number of fused-ring (bicyclic) bond motifs is 1. The zero-order chi connectivity index (χ0) is 20.6. The van der Waals surface area contributed by atoms with E-state index in [1.165, 1.54) is 19.2 Å². The molecule has 0 spiro atoms. The molecule has 1 aromatic carbocycles. The summed E-state index contributed by atoms with van der Waals surface area (Å²) in [5.41, 5.74) is 2.17. The third-order valence-corrected chi connectivity index (χ3v) is 4.74. The number of pyridine rings is 1. The SMILES string of the molecule is COc1cc(-n2nc(Nc3cccnc3)c3c2C[C@H](C)OC3)ccc1C(F)(F)F. The normalized spacial score (nSPS) is 16.4. The Morgan fingerprint density at radius 3 is 2.79 bits per heavy atom. The van der Waals surface area contributed by atoms with Gasteiger partial charge in [0.05, 0.1) is 48.6 Å². The van der Waals surface area contributed by atoms with E-state index in [1.807, 2.05) is 13.0 Å². The summed E-state index contributed by atoms with van der Waals surface area (Å²) in [6.07, 6.45) is -0.610. The van der Waals surface area contributed by atoms with E-state index >= 15 is 0 Å². The Morgan fingerprint density at radius 1 is 1.28 bits per heavy atom. The Labute approximate surface area is 165 Å². The first-order valence-electron chi connectivity index (χ1n) is 9.02. The summed E-state index contributed by atoms with van der Waals surface area (Å²) < 4.78 is 52.0. The van der Waals surface area contributed by atoms with Crippen LogP contribution < -0.4 is 10.1 Å². The van der Waals surface area contributed by atoms with Gasteiger partial charge in [-0.05, 0) is 31.2 Å². The average Bonchev–Trinajstić information content (AvgIpc) is 3.05. The van der Waals surface area contributed by atoms with Gasteiger partial charge in [0.15, 0.2) is 5.82 Å². The molecule has 4 rings (SSSR count). The van der Waals surface area contributed by atoms with Gasteiger partial charge in [-0.1, -0.05) is 0 Å². The van der Waals surface area contributed by atoms with Gasteiger partial charge in [-0.15, -0.1) is 5.10 Å². The van der Waals surface area contributed by atoms with E-state index in [-0.39, 0.29) is 11.9 Å². The quantitative estimate of drug-likeness (QED) is 0.694. The molecule has 1 N–H and O–H groups in total. The molecule has 0 saturated carbocycles. The van der Waals surface area contributed by atoms with Gasteiger partial charge in [-0.2, -0.15) is 13.2 Å². The van der Waals surface area contributed by atoms with Crippen molar-refractivity contribution in [3.8, 4) is 11.4 Å². The van der Waals surface area contributed by atoms with Crippen LogP contribution in [-0.4, -0.2) is 28.0 Å². The molecule has 0 unspecified atom stereocenters. The average molecular weight is 404 g/mol. The zero-order valence-corrected chi connectivity index (χ0v) is 15.8. The third-order valence-electron chi connectivity index (χ3n) is 4.74. The van der Waals surface area contributed by atoms with Gasteiger partial charge in [0.25, 0.3) is 0 Å². The molecule has 29 heavy (non-hydrogen) atoms. The molecule has 152 valence electrons. The molecule has 1 aliphatic heterocycles. The molecule has 0 amide bonds. The molecule has 6 nitrogen and oxygen atoms in total. The Hall–Kier alpha value is -3.07. The van der Waals surface area contributed by atoms with Crippen LogP contribution in [0.2, 0.25) is 0 Å². The molecule has 1 atom stereocenters. The fourth-order valence-corrected chi connectivity index (χ4v) is 3.34.